The van der Waals surface area contributed by atoms with Crippen molar-refractivity contribution in [1.29, 1.82) is 0 Å². The Hall–Kier alpha value is -1.31. The fourth-order valence-corrected chi connectivity index (χ4v) is 5.19. The van der Waals surface area contributed by atoms with Gasteiger partial charge in [-0.15, -0.1) is 11.8 Å². The Morgan fingerprint density at radius 3 is 2.50 bits per heavy atom. The number of thiazole rings is 1. The van der Waals surface area contributed by atoms with Crippen LogP contribution in [0.1, 0.15) is 24.2 Å². The fourth-order valence-electron chi connectivity index (χ4n) is 2.69. The molecule has 28 heavy (non-hydrogen) atoms. The number of nitrogens with zero attached hydrogens (tertiary/aromatic N) is 2. The van der Waals surface area contributed by atoms with Gasteiger partial charge in [-0.2, -0.15) is 4.99 Å². The van der Waals surface area contributed by atoms with Crippen LogP contribution in [0, 0.1) is 0 Å². The molecule has 1 aromatic heterocycles. The highest BCUT2D eigenvalue weighted by Gasteiger charge is 2.14. The third-order valence-corrected chi connectivity index (χ3v) is 6.78. The van der Waals surface area contributed by atoms with Crippen LogP contribution in [0.3, 0.4) is 0 Å². The van der Waals surface area contributed by atoms with E-state index in [9.17, 15) is 4.79 Å². The van der Waals surface area contributed by atoms with Gasteiger partial charge in [0.1, 0.15) is 0 Å². The first-order valence-corrected chi connectivity index (χ1v) is 11.2. The van der Waals surface area contributed by atoms with Gasteiger partial charge in [0.2, 0.25) is 0 Å². The second-order valence-electron chi connectivity index (χ2n) is 6.34. The van der Waals surface area contributed by atoms with Crippen LogP contribution in [0.4, 0.5) is 0 Å². The number of aromatic nitrogens is 1. The van der Waals surface area contributed by atoms with Crippen molar-refractivity contribution in [3.63, 3.8) is 0 Å². The molecule has 3 aromatic rings. The quantitative estimate of drug-likeness (QED) is 0.435. The molecular formula is C20H20Cl2N2O2S2. The lowest BCUT2D eigenvalue weighted by Crippen LogP contribution is -2.19. The van der Waals surface area contributed by atoms with Crippen molar-refractivity contribution < 1.29 is 9.53 Å². The number of amides is 1. The maximum atomic E-state index is 12.7. The van der Waals surface area contributed by atoms with Crippen molar-refractivity contribution in [3.05, 3.63) is 56.8 Å². The second kappa shape index (κ2) is 9.46. The van der Waals surface area contributed by atoms with Gasteiger partial charge >= 0.3 is 0 Å². The number of methoxy groups -OCH3 is 1. The molecule has 1 heterocycles. The van der Waals surface area contributed by atoms with Gasteiger partial charge in [0.25, 0.3) is 5.91 Å². The molecule has 2 aromatic carbocycles. The largest absolute Gasteiger partial charge is 0.383 e. The molecule has 0 aliphatic heterocycles. The zero-order chi connectivity index (χ0) is 20.3. The summed E-state index contributed by atoms with van der Waals surface area (Å²) in [4.78, 5) is 18.8. The van der Waals surface area contributed by atoms with Crippen LogP contribution in [-0.4, -0.2) is 29.4 Å². The molecule has 1 amide bonds. The smallest absolute Gasteiger partial charge is 0.279 e. The van der Waals surface area contributed by atoms with Crippen LogP contribution in [0.2, 0.25) is 10.0 Å². The molecule has 8 heteroatoms. The highest BCUT2D eigenvalue weighted by molar-refractivity contribution is 7.99. The number of carbonyl (C=O) groups excluding carboxylic acids is 1. The Bertz CT molecular complexity index is 1060. The summed E-state index contributed by atoms with van der Waals surface area (Å²) in [5, 5.41) is 1.63. The molecular weight excluding hydrogens is 435 g/mol. The van der Waals surface area contributed by atoms with E-state index in [1.807, 2.05) is 28.8 Å². The normalized spacial score (nSPS) is 12.3. The molecule has 0 N–H and O–H groups in total. The average molecular weight is 455 g/mol. The van der Waals surface area contributed by atoms with Crippen molar-refractivity contribution in [1.82, 2.24) is 4.57 Å². The van der Waals surface area contributed by atoms with Crippen LogP contribution < -0.4 is 4.80 Å². The van der Waals surface area contributed by atoms with E-state index in [4.69, 9.17) is 27.9 Å². The van der Waals surface area contributed by atoms with Gasteiger partial charge in [0.15, 0.2) is 4.80 Å². The standard InChI is InChI=1S/C20H20Cl2N2O2S2/c1-12(2)27-14-6-4-13(5-7-14)19(25)23-20-24(10-11-26-3)17-15(21)8-9-16(22)18(17)28-20/h4-9,12H,10-11H2,1-3H3. The monoisotopic (exact) mass is 454 g/mol. The molecule has 148 valence electrons. The van der Waals surface area contributed by atoms with E-state index in [0.29, 0.717) is 38.8 Å². The Morgan fingerprint density at radius 2 is 1.86 bits per heavy atom. The zero-order valence-electron chi connectivity index (χ0n) is 15.7. The predicted molar refractivity (Wildman–Crippen MR) is 119 cm³/mol. The lowest BCUT2D eigenvalue weighted by atomic mass is 10.2. The topological polar surface area (TPSA) is 43.6 Å². The maximum absolute atomic E-state index is 12.7. The number of fused-ring (bicyclic) bond motifs is 1. The average Bonchev–Trinajstić information content (AvgIpc) is 3.02. The van der Waals surface area contributed by atoms with Crippen LogP contribution in [0.25, 0.3) is 10.2 Å². The third-order valence-electron chi connectivity index (χ3n) is 3.92. The van der Waals surface area contributed by atoms with E-state index in [1.54, 1.807) is 31.0 Å². The van der Waals surface area contributed by atoms with E-state index in [2.05, 4.69) is 18.8 Å². The van der Waals surface area contributed by atoms with Crippen LogP contribution in [-0.2, 0) is 11.3 Å². The summed E-state index contributed by atoms with van der Waals surface area (Å²) in [5.74, 6) is -0.300. The van der Waals surface area contributed by atoms with Crippen molar-refractivity contribution in [3.8, 4) is 0 Å². The van der Waals surface area contributed by atoms with Gasteiger partial charge in [-0.3, -0.25) is 4.79 Å². The zero-order valence-corrected chi connectivity index (χ0v) is 18.9. The molecule has 0 radical (unpaired) electrons. The van der Waals surface area contributed by atoms with E-state index in [1.165, 1.54) is 11.3 Å². The number of hydrogen-bond donors (Lipinski definition) is 0. The molecule has 0 fully saturated rings. The first-order valence-electron chi connectivity index (χ1n) is 8.72. The summed E-state index contributed by atoms with van der Waals surface area (Å²) < 4.78 is 7.90. The van der Waals surface area contributed by atoms with E-state index in [-0.39, 0.29) is 5.91 Å². The molecule has 3 rings (SSSR count). The van der Waals surface area contributed by atoms with Gasteiger partial charge in [-0.1, -0.05) is 48.4 Å². The first kappa shape index (κ1) is 21.4. The van der Waals surface area contributed by atoms with Crippen molar-refractivity contribution in [2.24, 2.45) is 4.99 Å². The number of ether oxygens (including phenoxy) is 1. The number of carbonyl (C=O) groups is 1. The minimum atomic E-state index is -0.300. The summed E-state index contributed by atoms with van der Waals surface area (Å²) in [5.41, 5.74) is 1.31. The van der Waals surface area contributed by atoms with Crippen molar-refractivity contribution >= 4 is 62.4 Å². The number of rotatable bonds is 6. The van der Waals surface area contributed by atoms with Crippen LogP contribution in [0.15, 0.2) is 46.3 Å². The van der Waals surface area contributed by atoms with Gasteiger partial charge in [0.05, 0.1) is 26.9 Å². The summed E-state index contributed by atoms with van der Waals surface area (Å²) in [6.07, 6.45) is 0. The fraction of sp³-hybridized carbons (Fsp3) is 0.300. The molecule has 4 nitrogen and oxygen atoms in total. The molecule has 0 atom stereocenters. The predicted octanol–water partition coefficient (Wildman–Crippen LogP) is 5.90. The third kappa shape index (κ3) is 4.81. The molecule has 0 aliphatic carbocycles. The van der Waals surface area contributed by atoms with E-state index in [0.717, 1.165) is 15.1 Å². The molecule has 0 saturated carbocycles. The summed E-state index contributed by atoms with van der Waals surface area (Å²) in [6, 6.07) is 11.0. The van der Waals surface area contributed by atoms with Gasteiger partial charge in [0, 0.05) is 29.4 Å². The molecule has 0 aliphatic rings. The second-order valence-corrected chi connectivity index (χ2v) is 9.79. The van der Waals surface area contributed by atoms with Crippen LogP contribution in [0.5, 0.6) is 0 Å². The molecule has 0 spiro atoms. The van der Waals surface area contributed by atoms with E-state index < -0.39 is 0 Å². The first-order chi connectivity index (χ1) is 13.4. The van der Waals surface area contributed by atoms with E-state index >= 15 is 0 Å². The van der Waals surface area contributed by atoms with Gasteiger partial charge in [-0.25, -0.2) is 0 Å². The summed E-state index contributed by atoms with van der Waals surface area (Å²) in [6.45, 7) is 5.26. The van der Waals surface area contributed by atoms with Crippen molar-refractivity contribution in [2.75, 3.05) is 13.7 Å². The summed E-state index contributed by atoms with van der Waals surface area (Å²) >= 11 is 15.8. The maximum Gasteiger partial charge on any atom is 0.279 e. The Kier molecular flexibility index (Phi) is 7.23. The number of benzene rings is 2. The number of halogens is 2. The summed E-state index contributed by atoms with van der Waals surface area (Å²) in [7, 11) is 1.63. The highest BCUT2D eigenvalue weighted by atomic mass is 35.5. The minimum Gasteiger partial charge on any atom is -0.383 e. The van der Waals surface area contributed by atoms with Gasteiger partial charge < -0.3 is 9.30 Å². The molecule has 0 saturated heterocycles. The van der Waals surface area contributed by atoms with Crippen molar-refractivity contribution in [2.45, 2.75) is 30.5 Å². The SMILES string of the molecule is COCCn1c(=NC(=O)c2ccc(SC(C)C)cc2)sc2c(Cl)ccc(Cl)c21. The number of hydrogen-bond acceptors (Lipinski definition) is 4. The Morgan fingerprint density at radius 1 is 1.18 bits per heavy atom. The lowest BCUT2D eigenvalue weighted by Gasteiger charge is -2.06. The Balaban J connectivity index is 2.04. The minimum absolute atomic E-state index is 0.300. The highest BCUT2D eigenvalue weighted by Crippen LogP contribution is 2.32. The van der Waals surface area contributed by atoms with Gasteiger partial charge in [-0.05, 0) is 36.4 Å². The Labute approximate surface area is 182 Å². The number of thioether (sulfide) groups is 1. The molecule has 0 bridgehead atoms. The molecule has 0 unspecified atom stereocenters. The van der Waals surface area contributed by atoms with Crippen LogP contribution >= 0.6 is 46.3 Å². The lowest BCUT2D eigenvalue weighted by molar-refractivity contribution is 0.0997.